The predicted molar refractivity (Wildman–Crippen MR) is 67.8 cm³/mol. The molecule has 1 saturated carbocycles. The van der Waals surface area contributed by atoms with Crippen LogP contribution in [0.1, 0.15) is 58.4 Å². The van der Waals surface area contributed by atoms with Crippen LogP contribution in [0.3, 0.4) is 0 Å². The Bertz CT molecular complexity index is 416. The van der Waals surface area contributed by atoms with Crippen LogP contribution >= 0.6 is 0 Å². The molecule has 0 amide bonds. The van der Waals surface area contributed by atoms with E-state index in [4.69, 9.17) is 15.0 Å². The topological polar surface area (TPSA) is 74.2 Å². The van der Waals surface area contributed by atoms with Crippen LogP contribution in [0.5, 0.6) is 0 Å². The second kappa shape index (κ2) is 4.31. The zero-order valence-electron chi connectivity index (χ0n) is 11.9. The summed E-state index contributed by atoms with van der Waals surface area (Å²) in [5, 5.41) is 4.04. The highest BCUT2D eigenvalue weighted by Gasteiger charge is 2.44. The molecule has 1 aliphatic rings. The number of nitrogens with zero attached hydrogens (tertiary/aromatic N) is 2. The molecule has 5 nitrogen and oxygen atoms in total. The maximum atomic E-state index is 6.27. The van der Waals surface area contributed by atoms with Gasteiger partial charge in [0.05, 0.1) is 5.54 Å². The van der Waals surface area contributed by atoms with Crippen molar-refractivity contribution in [2.24, 2.45) is 17.1 Å². The highest BCUT2D eigenvalue weighted by Crippen LogP contribution is 2.43. The van der Waals surface area contributed by atoms with Crippen molar-refractivity contribution in [3.63, 3.8) is 0 Å². The Morgan fingerprint density at radius 3 is 2.39 bits per heavy atom. The van der Waals surface area contributed by atoms with E-state index in [2.05, 4.69) is 30.9 Å². The van der Waals surface area contributed by atoms with Gasteiger partial charge in [0.15, 0.2) is 0 Å². The number of aromatic nitrogens is 2. The molecule has 102 valence electrons. The third kappa shape index (κ3) is 2.42. The summed E-state index contributed by atoms with van der Waals surface area (Å²) in [6.07, 6.45) is 2.08. The van der Waals surface area contributed by atoms with E-state index in [-0.39, 0.29) is 11.5 Å². The molecule has 0 aromatic carbocycles. The summed E-state index contributed by atoms with van der Waals surface area (Å²) in [5.74, 6) is 1.56. The number of methoxy groups -OCH3 is 1. The molecule has 2 N–H and O–H groups in total. The first-order chi connectivity index (χ1) is 8.26. The second-order valence-corrected chi connectivity index (χ2v) is 6.50. The Morgan fingerprint density at radius 1 is 1.33 bits per heavy atom. The van der Waals surface area contributed by atoms with Gasteiger partial charge in [0.25, 0.3) is 0 Å². The first kappa shape index (κ1) is 13.5. The van der Waals surface area contributed by atoms with Gasteiger partial charge in [-0.05, 0) is 31.1 Å². The minimum Gasteiger partial charge on any atom is -0.373 e. The smallest absolute Gasteiger partial charge is 0.246 e. The molecule has 1 fully saturated rings. The van der Waals surface area contributed by atoms with E-state index < -0.39 is 5.54 Å². The van der Waals surface area contributed by atoms with E-state index in [0.29, 0.717) is 17.6 Å². The highest BCUT2D eigenvalue weighted by molar-refractivity contribution is 5.08. The van der Waals surface area contributed by atoms with Gasteiger partial charge in [-0.3, -0.25) is 0 Å². The Morgan fingerprint density at radius 2 is 1.94 bits per heavy atom. The van der Waals surface area contributed by atoms with Crippen LogP contribution < -0.4 is 5.73 Å². The summed E-state index contributed by atoms with van der Waals surface area (Å²) in [4.78, 5) is 4.45. The Balaban J connectivity index is 2.24. The van der Waals surface area contributed by atoms with Gasteiger partial charge in [-0.1, -0.05) is 25.9 Å². The molecule has 0 spiro atoms. The number of ether oxygens (including phenoxy) is 1. The molecule has 0 aliphatic heterocycles. The second-order valence-electron chi connectivity index (χ2n) is 6.50. The van der Waals surface area contributed by atoms with E-state index in [9.17, 15) is 0 Å². The van der Waals surface area contributed by atoms with Crippen molar-refractivity contribution in [1.29, 1.82) is 0 Å². The quantitative estimate of drug-likeness (QED) is 0.891. The summed E-state index contributed by atoms with van der Waals surface area (Å²) in [7, 11) is 1.66. The lowest BCUT2D eigenvalue weighted by atomic mass is 9.88. The highest BCUT2D eigenvalue weighted by atomic mass is 16.5. The molecule has 0 radical (unpaired) electrons. The number of hydrogen-bond acceptors (Lipinski definition) is 5. The third-order valence-corrected chi connectivity index (χ3v) is 3.58. The summed E-state index contributed by atoms with van der Waals surface area (Å²) in [5.41, 5.74) is 5.67. The average Bonchev–Trinajstić information content (AvgIpc) is 2.98. The molecule has 0 saturated heterocycles. The molecule has 18 heavy (non-hydrogen) atoms. The third-order valence-electron chi connectivity index (χ3n) is 3.58. The van der Waals surface area contributed by atoms with E-state index in [0.717, 1.165) is 12.8 Å². The van der Waals surface area contributed by atoms with Crippen molar-refractivity contribution in [2.75, 3.05) is 7.11 Å². The molecule has 1 heterocycles. The van der Waals surface area contributed by atoms with Crippen LogP contribution in [0.25, 0.3) is 0 Å². The van der Waals surface area contributed by atoms with Gasteiger partial charge in [-0.25, -0.2) is 0 Å². The van der Waals surface area contributed by atoms with E-state index in [1.165, 1.54) is 0 Å². The molecule has 1 aliphatic carbocycles. The lowest BCUT2D eigenvalue weighted by Crippen LogP contribution is -2.36. The fourth-order valence-electron chi connectivity index (χ4n) is 2.26. The molecular formula is C13H23N3O2. The molecule has 0 bridgehead atoms. The normalized spacial score (nSPS) is 21.7. The fourth-order valence-corrected chi connectivity index (χ4v) is 2.26. The predicted octanol–water partition coefficient (Wildman–Crippen LogP) is 2.39. The molecule has 1 aromatic rings. The number of hydrogen-bond donors (Lipinski definition) is 1. The van der Waals surface area contributed by atoms with E-state index in [1.807, 2.05) is 6.92 Å². The van der Waals surface area contributed by atoms with Crippen LogP contribution in [0.15, 0.2) is 4.52 Å². The minimum absolute atomic E-state index is 0.0829. The molecule has 2 atom stereocenters. The molecule has 1 aromatic heterocycles. The van der Waals surface area contributed by atoms with Crippen molar-refractivity contribution in [2.45, 2.75) is 52.2 Å². The molecule has 2 unspecified atom stereocenters. The maximum Gasteiger partial charge on any atom is 0.246 e. The van der Waals surface area contributed by atoms with Gasteiger partial charge < -0.3 is 15.0 Å². The van der Waals surface area contributed by atoms with Crippen LogP contribution in [-0.4, -0.2) is 17.3 Å². The minimum atomic E-state index is -0.512. The fraction of sp³-hybridized carbons (Fsp3) is 0.846. The van der Waals surface area contributed by atoms with Crippen LogP contribution in [0.2, 0.25) is 0 Å². The monoisotopic (exact) mass is 253 g/mol. The Labute approximate surface area is 108 Å². The molecular weight excluding hydrogens is 230 g/mol. The zero-order valence-corrected chi connectivity index (χ0v) is 11.9. The van der Waals surface area contributed by atoms with Gasteiger partial charge >= 0.3 is 0 Å². The largest absolute Gasteiger partial charge is 0.373 e. The van der Waals surface area contributed by atoms with E-state index in [1.54, 1.807) is 7.11 Å². The summed E-state index contributed by atoms with van der Waals surface area (Å²) in [6, 6.07) is 0. The van der Waals surface area contributed by atoms with Crippen molar-refractivity contribution >= 4 is 0 Å². The SMILES string of the molecule is COC(c1noc(C(C)(N)C2CC2)n1)C(C)(C)C. The van der Waals surface area contributed by atoms with Crippen molar-refractivity contribution < 1.29 is 9.26 Å². The summed E-state index contributed by atoms with van der Waals surface area (Å²) < 4.78 is 10.8. The number of nitrogens with two attached hydrogens (primary N) is 1. The van der Waals surface area contributed by atoms with Gasteiger partial charge in [0, 0.05) is 7.11 Å². The first-order valence-corrected chi connectivity index (χ1v) is 6.42. The lowest BCUT2D eigenvalue weighted by Gasteiger charge is -2.26. The van der Waals surface area contributed by atoms with E-state index >= 15 is 0 Å². The average molecular weight is 253 g/mol. The summed E-state index contributed by atoms with van der Waals surface area (Å²) >= 11 is 0. The Hall–Kier alpha value is -0.940. The van der Waals surface area contributed by atoms with Crippen molar-refractivity contribution in [3.05, 3.63) is 11.7 Å². The molecule has 5 heteroatoms. The first-order valence-electron chi connectivity index (χ1n) is 6.42. The van der Waals surface area contributed by atoms with Crippen LogP contribution in [0, 0.1) is 11.3 Å². The van der Waals surface area contributed by atoms with Crippen molar-refractivity contribution in [3.8, 4) is 0 Å². The number of rotatable bonds is 4. The van der Waals surface area contributed by atoms with Crippen molar-refractivity contribution in [1.82, 2.24) is 10.1 Å². The lowest BCUT2D eigenvalue weighted by molar-refractivity contribution is 0.00718. The maximum absolute atomic E-state index is 6.27. The van der Waals surface area contributed by atoms with Gasteiger partial charge in [-0.15, -0.1) is 0 Å². The van der Waals surface area contributed by atoms with Gasteiger partial charge in [0.2, 0.25) is 11.7 Å². The zero-order chi connectivity index (χ0) is 13.6. The van der Waals surface area contributed by atoms with Crippen LogP contribution in [-0.2, 0) is 10.3 Å². The van der Waals surface area contributed by atoms with Gasteiger partial charge in [-0.2, -0.15) is 4.98 Å². The van der Waals surface area contributed by atoms with Gasteiger partial charge in [0.1, 0.15) is 6.10 Å². The molecule has 2 rings (SSSR count). The standard InChI is InChI=1S/C13H23N3O2/c1-12(2,3)9(17-5)10-15-11(18-16-10)13(4,14)8-6-7-8/h8-9H,6-7,14H2,1-5H3. The Kier molecular flexibility index (Phi) is 3.23. The summed E-state index contributed by atoms with van der Waals surface area (Å²) in [6.45, 7) is 8.21. The van der Waals surface area contributed by atoms with Crippen LogP contribution in [0.4, 0.5) is 0 Å².